The van der Waals surface area contributed by atoms with E-state index >= 15 is 0 Å². The van der Waals surface area contributed by atoms with Gasteiger partial charge in [0.05, 0.1) is 22.5 Å². The molecular weight excluding hydrogens is 467 g/mol. The number of carbonyl (C=O) groups excluding carboxylic acids is 1. The molecule has 3 aromatic carbocycles. The van der Waals surface area contributed by atoms with Gasteiger partial charge in [0.25, 0.3) is 5.91 Å². The van der Waals surface area contributed by atoms with Crippen LogP contribution >= 0.6 is 7.60 Å². The molecule has 0 atom stereocenters. The number of rotatable bonds is 6. The van der Waals surface area contributed by atoms with Crippen LogP contribution in [0, 0.1) is 13.8 Å². The van der Waals surface area contributed by atoms with Crippen molar-refractivity contribution in [3.8, 4) is 11.1 Å². The smallest absolute Gasteiger partial charge is 0.337 e. The molecular formula is C26H26N2O6P+. The van der Waals surface area contributed by atoms with Crippen molar-refractivity contribution < 1.29 is 33.6 Å². The highest BCUT2D eigenvalue weighted by Crippen LogP contribution is 2.34. The van der Waals surface area contributed by atoms with Gasteiger partial charge in [0.1, 0.15) is 7.05 Å². The quantitative estimate of drug-likeness (QED) is 0.184. The van der Waals surface area contributed by atoms with Gasteiger partial charge < -0.3 is 20.2 Å². The third-order valence-corrected chi connectivity index (χ3v) is 7.21. The first kappa shape index (κ1) is 24.5. The number of para-hydroxylation sites is 1. The highest BCUT2D eigenvalue weighted by Gasteiger charge is 2.23. The number of amides is 1. The molecule has 0 aliphatic carbocycles. The Morgan fingerprint density at radius 1 is 0.943 bits per heavy atom. The van der Waals surface area contributed by atoms with E-state index in [-0.39, 0.29) is 12.1 Å². The molecule has 35 heavy (non-hydrogen) atoms. The van der Waals surface area contributed by atoms with E-state index in [1.165, 1.54) is 0 Å². The van der Waals surface area contributed by atoms with Crippen molar-refractivity contribution in [3.05, 3.63) is 76.9 Å². The second-order valence-corrected chi connectivity index (χ2v) is 10.3. The zero-order chi connectivity index (χ0) is 25.5. The average molecular weight is 493 g/mol. The van der Waals surface area contributed by atoms with E-state index in [0.717, 1.165) is 33.3 Å². The molecule has 0 bridgehead atoms. The molecule has 180 valence electrons. The van der Waals surface area contributed by atoms with Crippen molar-refractivity contribution in [1.82, 2.24) is 5.32 Å². The molecule has 0 unspecified atom stereocenters. The number of hydrogen-bond donors (Lipinski definition) is 4. The van der Waals surface area contributed by atoms with E-state index in [2.05, 4.69) is 5.32 Å². The number of aromatic nitrogens is 1. The van der Waals surface area contributed by atoms with Gasteiger partial charge in [-0.2, -0.15) is 4.57 Å². The lowest BCUT2D eigenvalue weighted by molar-refractivity contribution is -0.617. The fourth-order valence-electron chi connectivity index (χ4n) is 4.47. The third kappa shape index (κ3) is 4.68. The van der Waals surface area contributed by atoms with Crippen molar-refractivity contribution >= 4 is 41.3 Å². The summed E-state index contributed by atoms with van der Waals surface area (Å²) in [6.07, 6.45) is -0.427. The van der Waals surface area contributed by atoms with Crippen LogP contribution in [0.5, 0.6) is 0 Å². The minimum Gasteiger partial charge on any atom is -0.478 e. The summed E-state index contributed by atoms with van der Waals surface area (Å²) < 4.78 is 13.0. The SMILES string of the molecule is Cc1c(C(=O)NCCP(=O)(O)O)ccc(-c2ccc3c(c2)c(C(=O)O)c2ccccc2[n+]3C)c1C. The Balaban J connectivity index is 1.80. The second kappa shape index (κ2) is 9.23. The maximum atomic E-state index is 12.6. The first-order chi connectivity index (χ1) is 16.5. The molecule has 1 aromatic heterocycles. The minimum atomic E-state index is -4.19. The lowest BCUT2D eigenvalue weighted by Crippen LogP contribution is -2.31. The molecule has 4 rings (SSSR count). The summed E-state index contributed by atoms with van der Waals surface area (Å²) in [5.74, 6) is -1.41. The monoisotopic (exact) mass is 493 g/mol. The predicted octanol–water partition coefficient (Wildman–Crippen LogP) is 3.71. The number of fused-ring (bicyclic) bond motifs is 2. The minimum absolute atomic E-state index is 0.128. The number of carbonyl (C=O) groups is 2. The van der Waals surface area contributed by atoms with Crippen LogP contribution < -0.4 is 9.88 Å². The van der Waals surface area contributed by atoms with Crippen LogP contribution in [-0.2, 0) is 11.6 Å². The summed E-state index contributed by atoms with van der Waals surface area (Å²) in [7, 11) is -2.28. The summed E-state index contributed by atoms with van der Waals surface area (Å²) in [5, 5.41) is 13.9. The van der Waals surface area contributed by atoms with Crippen molar-refractivity contribution in [1.29, 1.82) is 0 Å². The lowest BCUT2D eigenvalue weighted by atomic mass is 9.91. The molecule has 0 radical (unpaired) electrons. The highest BCUT2D eigenvalue weighted by atomic mass is 31.2. The highest BCUT2D eigenvalue weighted by molar-refractivity contribution is 7.51. The Hall–Kier alpha value is -3.58. The number of carboxylic acid groups (broad SMARTS) is 1. The van der Waals surface area contributed by atoms with Crippen molar-refractivity contribution in [2.45, 2.75) is 13.8 Å². The Kier molecular flexibility index (Phi) is 6.47. The molecule has 0 saturated carbocycles. The van der Waals surface area contributed by atoms with Crippen LogP contribution in [0.1, 0.15) is 31.8 Å². The number of aryl methyl sites for hydroxylation is 1. The standard InChI is InChI=1S/C26H25N2O6P/c1-15-16(2)19(25(29)27-12-13-35(32,33)34)10-9-18(15)17-8-11-23-21(14-17)24(26(30)31)20-6-4-5-7-22(20)28(23)3/h4-11,14H,12-13H2,1-3H3,(H3-,27,29,30,31,32,33,34)/p+1. The van der Waals surface area contributed by atoms with E-state index < -0.39 is 25.6 Å². The summed E-state index contributed by atoms with van der Waals surface area (Å²) >= 11 is 0. The molecule has 8 nitrogen and oxygen atoms in total. The molecule has 0 aliphatic heterocycles. The van der Waals surface area contributed by atoms with Crippen LogP contribution in [0.4, 0.5) is 0 Å². The summed E-state index contributed by atoms with van der Waals surface area (Å²) in [6, 6.07) is 16.6. The lowest BCUT2D eigenvalue weighted by Gasteiger charge is -2.15. The van der Waals surface area contributed by atoms with Gasteiger partial charge >= 0.3 is 13.6 Å². The molecule has 4 N–H and O–H groups in total. The number of benzene rings is 3. The number of pyridine rings is 1. The van der Waals surface area contributed by atoms with Crippen molar-refractivity contribution in [2.75, 3.05) is 12.7 Å². The van der Waals surface area contributed by atoms with E-state index in [1.54, 1.807) is 12.1 Å². The Bertz CT molecular complexity index is 1560. The zero-order valence-electron chi connectivity index (χ0n) is 19.6. The molecule has 0 spiro atoms. The van der Waals surface area contributed by atoms with Crippen LogP contribution in [-0.4, -0.2) is 39.5 Å². The molecule has 9 heteroatoms. The van der Waals surface area contributed by atoms with Crippen LogP contribution in [0.3, 0.4) is 0 Å². The van der Waals surface area contributed by atoms with Crippen LogP contribution in [0.25, 0.3) is 32.9 Å². The first-order valence-electron chi connectivity index (χ1n) is 11.0. The normalized spacial score (nSPS) is 11.7. The van der Waals surface area contributed by atoms with Gasteiger partial charge in [-0.3, -0.25) is 9.36 Å². The number of nitrogens with zero attached hydrogens (tertiary/aromatic N) is 1. The van der Waals surface area contributed by atoms with E-state index in [0.29, 0.717) is 16.3 Å². The predicted molar refractivity (Wildman–Crippen MR) is 134 cm³/mol. The van der Waals surface area contributed by atoms with Crippen molar-refractivity contribution in [3.63, 3.8) is 0 Å². The Morgan fingerprint density at radius 2 is 1.63 bits per heavy atom. The Labute approximate surface area is 202 Å². The molecule has 0 saturated heterocycles. The molecule has 1 amide bonds. The second-order valence-electron chi connectivity index (χ2n) is 8.54. The van der Waals surface area contributed by atoms with Gasteiger partial charge in [-0.15, -0.1) is 0 Å². The number of hydrogen-bond acceptors (Lipinski definition) is 3. The molecule has 0 fully saturated rings. The third-order valence-electron chi connectivity index (χ3n) is 6.41. The van der Waals surface area contributed by atoms with Crippen molar-refractivity contribution in [2.24, 2.45) is 7.05 Å². The van der Waals surface area contributed by atoms with Gasteiger partial charge in [-0.25, -0.2) is 4.79 Å². The fraction of sp³-hybridized carbons (Fsp3) is 0.192. The summed E-state index contributed by atoms with van der Waals surface area (Å²) in [5.41, 5.74) is 5.56. The van der Waals surface area contributed by atoms with E-state index in [4.69, 9.17) is 9.79 Å². The maximum Gasteiger partial charge on any atom is 0.337 e. The number of nitrogens with one attached hydrogen (secondary N) is 1. The fourth-order valence-corrected chi connectivity index (χ4v) is 4.87. The van der Waals surface area contributed by atoms with Crippen LogP contribution in [0.15, 0.2) is 54.6 Å². The van der Waals surface area contributed by atoms with Crippen LogP contribution in [0.2, 0.25) is 0 Å². The van der Waals surface area contributed by atoms with Gasteiger partial charge in [-0.1, -0.05) is 18.2 Å². The van der Waals surface area contributed by atoms with E-state index in [9.17, 15) is 19.3 Å². The topological polar surface area (TPSA) is 128 Å². The average Bonchev–Trinajstić information content (AvgIpc) is 2.79. The maximum absolute atomic E-state index is 12.6. The van der Waals surface area contributed by atoms with Gasteiger partial charge in [0, 0.05) is 24.2 Å². The van der Waals surface area contributed by atoms with Gasteiger partial charge in [0.15, 0.2) is 0 Å². The summed E-state index contributed by atoms with van der Waals surface area (Å²) in [6.45, 7) is 3.57. The number of aromatic carboxylic acids is 1. The first-order valence-corrected chi connectivity index (χ1v) is 12.8. The summed E-state index contributed by atoms with van der Waals surface area (Å²) in [4.78, 5) is 42.8. The molecule has 0 aliphatic rings. The van der Waals surface area contributed by atoms with Gasteiger partial charge in [-0.05, 0) is 60.4 Å². The molecule has 4 aromatic rings. The zero-order valence-corrected chi connectivity index (χ0v) is 20.5. The Morgan fingerprint density at radius 3 is 2.31 bits per heavy atom. The van der Waals surface area contributed by atoms with E-state index in [1.807, 2.05) is 67.9 Å². The largest absolute Gasteiger partial charge is 0.478 e. The molecule has 1 heterocycles. The van der Waals surface area contributed by atoms with Gasteiger partial charge in [0.2, 0.25) is 11.0 Å². The number of carboxylic acids is 1.